The molecule has 0 aliphatic heterocycles. The van der Waals surface area contributed by atoms with Crippen molar-refractivity contribution in [1.82, 2.24) is 10.6 Å². The van der Waals surface area contributed by atoms with Crippen LogP contribution < -0.4 is 20.1 Å². The number of nitrogens with one attached hydrogen (secondary N) is 2. The van der Waals surface area contributed by atoms with Gasteiger partial charge in [0.1, 0.15) is 0 Å². The van der Waals surface area contributed by atoms with Gasteiger partial charge in [0.15, 0.2) is 11.5 Å². The van der Waals surface area contributed by atoms with Gasteiger partial charge in [-0.3, -0.25) is 4.79 Å². The topological polar surface area (TPSA) is 68.8 Å². The minimum absolute atomic E-state index is 0. The average Bonchev–Trinajstić information content (AvgIpc) is 2.52. The van der Waals surface area contributed by atoms with Gasteiger partial charge in [0.2, 0.25) is 0 Å². The normalized spacial score (nSPS) is 9.91. The molecule has 23 heavy (non-hydrogen) atoms. The summed E-state index contributed by atoms with van der Waals surface area (Å²) in [6.07, 6.45) is 0. The van der Waals surface area contributed by atoms with Crippen LogP contribution >= 0.6 is 28.3 Å². The van der Waals surface area contributed by atoms with Crippen LogP contribution in [0.5, 0.6) is 11.5 Å². The van der Waals surface area contributed by atoms with Crippen molar-refractivity contribution in [2.75, 3.05) is 47.1 Å². The Morgan fingerprint density at radius 3 is 2.57 bits per heavy atom. The second-order valence-electron chi connectivity index (χ2n) is 4.42. The Hall–Kier alpha value is -1.02. The smallest absolute Gasteiger partial charge is 0.251 e. The highest BCUT2D eigenvalue weighted by atomic mass is 79.9. The van der Waals surface area contributed by atoms with Crippen molar-refractivity contribution >= 4 is 34.2 Å². The average molecular weight is 412 g/mol. The largest absolute Gasteiger partial charge is 0.493 e. The summed E-state index contributed by atoms with van der Waals surface area (Å²) in [6.45, 7) is 5.04. The molecule has 0 heterocycles. The van der Waals surface area contributed by atoms with E-state index in [4.69, 9.17) is 14.2 Å². The number of halogens is 2. The number of amides is 1. The molecule has 132 valence electrons. The fourth-order valence-electron chi connectivity index (χ4n) is 1.80. The summed E-state index contributed by atoms with van der Waals surface area (Å²) >= 11 is 3.41. The molecule has 2 N–H and O–H groups in total. The van der Waals surface area contributed by atoms with Crippen LogP contribution in [-0.4, -0.2) is 53.0 Å². The number of carbonyl (C=O) groups excluding carboxylic acids is 1. The van der Waals surface area contributed by atoms with Crippen LogP contribution in [0.25, 0.3) is 0 Å². The minimum Gasteiger partial charge on any atom is -0.493 e. The first-order chi connectivity index (χ1) is 10.6. The molecular weight excluding hydrogens is 388 g/mol. The van der Waals surface area contributed by atoms with Gasteiger partial charge in [-0.25, -0.2) is 0 Å². The zero-order valence-corrected chi connectivity index (χ0v) is 16.0. The molecule has 0 aliphatic rings. The highest BCUT2D eigenvalue weighted by Crippen LogP contribution is 2.36. The zero-order valence-electron chi connectivity index (χ0n) is 13.6. The summed E-state index contributed by atoms with van der Waals surface area (Å²) in [5, 5.41) is 6.01. The molecule has 0 fully saturated rings. The number of benzene rings is 1. The summed E-state index contributed by atoms with van der Waals surface area (Å²) in [5.41, 5.74) is 0.518. The lowest BCUT2D eigenvalue weighted by Crippen LogP contribution is -2.33. The first-order valence-corrected chi connectivity index (χ1v) is 7.91. The van der Waals surface area contributed by atoms with Crippen LogP contribution in [0, 0.1) is 0 Å². The molecule has 0 spiro atoms. The minimum atomic E-state index is -0.157. The van der Waals surface area contributed by atoms with E-state index in [1.807, 2.05) is 6.92 Å². The Morgan fingerprint density at radius 2 is 1.96 bits per heavy atom. The summed E-state index contributed by atoms with van der Waals surface area (Å²) in [5.74, 6) is 0.970. The van der Waals surface area contributed by atoms with E-state index in [1.54, 1.807) is 26.4 Å². The third-order valence-electron chi connectivity index (χ3n) is 2.85. The second kappa shape index (κ2) is 12.4. The molecule has 0 saturated carbocycles. The van der Waals surface area contributed by atoms with Gasteiger partial charge in [-0.15, -0.1) is 12.4 Å². The Morgan fingerprint density at radius 1 is 1.22 bits per heavy atom. The standard InChI is InChI=1S/C15H23BrN2O4.ClH/c1-4-22-14-12(16)9-11(10-13(14)21-3)15(19)18-6-5-17-7-8-20-2;/h9-10,17H,4-8H2,1-3H3,(H,18,19);1H. The van der Waals surface area contributed by atoms with Crippen molar-refractivity contribution in [1.29, 1.82) is 0 Å². The van der Waals surface area contributed by atoms with Crippen LogP contribution in [0.4, 0.5) is 0 Å². The lowest BCUT2D eigenvalue weighted by atomic mass is 10.2. The van der Waals surface area contributed by atoms with Crippen molar-refractivity contribution in [2.45, 2.75) is 6.92 Å². The highest BCUT2D eigenvalue weighted by Gasteiger charge is 2.15. The predicted octanol–water partition coefficient (Wildman–Crippen LogP) is 2.24. The number of methoxy groups -OCH3 is 2. The molecule has 0 aliphatic carbocycles. The van der Waals surface area contributed by atoms with Crippen molar-refractivity contribution < 1.29 is 19.0 Å². The number of carbonyl (C=O) groups is 1. The van der Waals surface area contributed by atoms with Crippen LogP contribution in [0.3, 0.4) is 0 Å². The SMILES string of the molecule is CCOc1c(Br)cc(C(=O)NCCNCCOC)cc1OC.Cl. The van der Waals surface area contributed by atoms with Gasteiger partial charge in [0.05, 0.1) is 24.8 Å². The fourth-order valence-corrected chi connectivity index (χ4v) is 2.36. The molecule has 0 radical (unpaired) electrons. The van der Waals surface area contributed by atoms with Crippen LogP contribution in [0.15, 0.2) is 16.6 Å². The van der Waals surface area contributed by atoms with Gasteiger partial charge < -0.3 is 24.8 Å². The maximum Gasteiger partial charge on any atom is 0.251 e. The summed E-state index contributed by atoms with van der Waals surface area (Å²) in [6, 6.07) is 3.39. The number of ether oxygens (including phenoxy) is 3. The molecule has 6 nitrogen and oxygen atoms in total. The van der Waals surface area contributed by atoms with Gasteiger partial charge in [0, 0.05) is 32.3 Å². The maximum atomic E-state index is 12.1. The van der Waals surface area contributed by atoms with E-state index in [9.17, 15) is 4.79 Å². The van der Waals surface area contributed by atoms with Gasteiger partial charge in [-0.1, -0.05) is 0 Å². The second-order valence-corrected chi connectivity index (χ2v) is 5.28. The zero-order chi connectivity index (χ0) is 16.4. The molecule has 0 atom stereocenters. The van der Waals surface area contributed by atoms with Crippen molar-refractivity contribution in [3.05, 3.63) is 22.2 Å². The molecule has 0 bridgehead atoms. The van der Waals surface area contributed by atoms with E-state index < -0.39 is 0 Å². The van der Waals surface area contributed by atoms with E-state index in [2.05, 4.69) is 26.6 Å². The lowest BCUT2D eigenvalue weighted by molar-refractivity contribution is 0.0953. The van der Waals surface area contributed by atoms with Gasteiger partial charge in [-0.05, 0) is 35.0 Å². The Balaban J connectivity index is 0.00000484. The van der Waals surface area contributed by atoms with Gasteiger partial charge in [0.25, 0.3) is 5.91 Å². The van der Waals surface area contributed by atoms with Gasteiger partial charge >= 0.3 is 0 Å². The first kappa shape index (κ1) is 22.0. The Kier molecular flexibility index (Phi) is 11.9. The molecule has 0 saturated heterocycles. The summed E-state index contributed by atoms with van der Waals surface area (Å²) < 4.78 is 16.4. The lowest BCUT2D eigenvalue weighted by Gasteiger charge is -2.13. The first-order valence-electron chi connectivity index (χ1n) is 7.12. The molecule has 1 rings (SSSR count). The van der Waals surface area contributed by atoms with Crippen molar-refractivity contribution in [3.63, 3.8) is 0 Å². The number of hydrogen-bond acceptors (Lipinski definition) is 5. The van der Waals surface area contributed by atoms with Gasteiger partial charge in [-0.2, -0.15) is 0 Å². The molecule has 8 heteroatoms. The van der Waals surface area contributed by atoms with E-state index in [-0.39, 0.29) is 18.3 Å². The molecular formula is C15H24BrClN2O4. The third-order valence-corrected chi connectivity index (χ3v) is 3.44. The highest BCUT2D eigenvalue weighted by molar-refractivity contribution is 9.10. The van der Waals surface area contributed by atoms with E-state index in [0.717, 1.165) is 6.54 Å². The summed E-state index contributed by atoms with van der Waals surface area (Å²) in [7, 11) is 3.20. The van der Waals surface area contributed by atoms with Crippen LogP contribution in [0.2, 0.25) is 0 Å². The molecule has 0 aromatic heterocycles. The quantitative estimate of drug-likeness (QED) is 0.578. The Bertz CT molecular complexity index is 489. The van der Waals surface area contributed by atoms with E-state index in [0.29, 0.717) is 47.8 Å². The fraction of sp³-hybridized carbons (Fsp3) is 0.533. The molecule has 1 aromatic rings. The van der Waals surface area contributed by atoms with Crippen molar-refractivity contribution in [2.24, 2.45) is 0 Å². The Labute approximate surface area is 151 Å². The predicted molar refractivity (Wildman–Crippen MR) is 96.2 cm³/mol. The van der Waals surface area contributed by atoms with Crippen LogP contribution in [-0.2, 0) is 4.74 Å². The molecule has 0 unspecified atom stereocenters. The number of hydrogen-bond donors (Lipinski definition) is 2. The monoisotopic (exact) mass is 410 g/mol. The third kappa shape index (κ3) is 7.39. The molecule has 1 amide bonds. The van der Waals surface area contributed by atoms with Crippen LogP contribution in [0.1, 0.15) is 17.3 Å². The van der Waals surface area contributed by atoms with E-state index >= 15 is 0 Å². The number of rotatable bonds is 10. The molecule has 1 aromatic carbocycles. The van der Waals surface area contributed by atoms with E-state index in [1.165, 1.54) is 0 Å². The maximum absolute atomic E-state index is 12.1. The van der Waals surface area contributed by atoms with Crippen molar-refractivity contribution in [3.8, 4) is 11.5 Å². The summed E-state index contributed by atoms with van der Waals surface area (Å²) in [4.78, 5) is 12.1.